The summed E-state index contributed by atoms with van der Waals surface area (Å²) in [6.45, 7) is 0. The highest BCUT2D eigenvalue weighted by atomic mass is 32.1. The fraction of sp³-hybridized carbons (Fsp3) is 0.0435. The first kappa shape index (κ1) is 16.3. The quantitative estimate of drug-likeness (QED) is 0.221. The normalized spacial score (nSPS) is 12.8. The zero-order valence-corrected chi connectivity index (χ0v) is 15.9. The lowest BCUT2D eigenvalue weighted by Crippen LogP contribution is -2.00. The summed E-state index contributed by atoms with van der Waals surface area (Å²) in [7, 11) is 0. The minimum absolute atomic E-state index is 0.549. The van der Waals surface area contributed by atoms with Crippen LogP contribution in [0.25, 0.3) is 52.5 Å². The topological polar surface area (TPSA) is 0 Å². The van der Waals surface area contributed by atoms with Gasteiger partial charge in [0.1, 0.15) is 4.88 Å². The van der Waals surface area contributed by atoms with Crippen molar-refractivity contribution in [3.63, 3.8) is 0 Å². The van der Waals surface area contributed by atoms with Gasteiger partial charge in [-0.3, -0.25) is 0 Å². The van der Waals surface area contributed by atoms with E-state index in [4.69, 9.17) is 0 Å². The first-order chi connectivity index (χ1) is 13.5. The molecule has 0 aliphatic rings. The van der Waals surface area contributed by atoms with Crippen molar-refractivity contribution in [3.8, 4) is 0 Å². The van der Waals surface area contributed by atoms with Crippen molar-refractivity contribution in [2.24, 2.45) is 0 Å². The number of rotatable bonds is 0. The molecule has 0 fully saturated rings. The lowest BCUT2D eigenvalue weighted by atomic mass is 9.96. The molecule has 0 bridgehead atoms. The average molecular weight is 408 g/mol. The van der Waals surface area contributed by atoms with Crippen molar-refractivity contribution in [3.05, 3.63) is 70.9 Å². The van der Waals surface area contributed by atoms with Crippen LogP contribution in [0.15, 0.2) is 66.0 Å². The van der Waals surface area contributed by atoms with E-state index in [0.29, 0.717) is 10.1 Å². The molecule has 0 aliphatic carbocycles. The molecule has 2 heterocycles. The number of halogens is 3. The average Bonchev–Trinajstić information content (AvgIpc) is 3.29. The molecule has 0 spiro atoms. The molecule has 0 radical (unpaired) electrons. The van der Waals surface area contributed by atoms with Gasteiger partial charge in [0, 0.05) is 9.40 Å². The molecule has 5 heteroatoms. The Morgan fingerprint density at radius 2 is 1.21 bits per heavy atom. The van der Waals surface area contributed by atoms with Crippen LogP contribution in [-0.4, -0.2) is 0 Å². The summed E-state index contributed by atoms with van der Waals surface area (Å²) < 4.78 is 41.3. The van der Waals surface area contributed by atoms with Gasteiger partial charge in [-0.2, -0.15) is 13.2 Å². The molecule has 0 saturated heterocycles. The molecule has 0 amide bonds. The molecular weight excluding hydrogens is 397 g/mol. The van der Waals surface area contributed by atoms with Gasteiger partial charge in [-0.25, -0.2) is 0 Å². The number of hydrogen-bond acceptors (Lipinski definition) is 2. The second-order valence-corrected chi connectivity index (χ2v) is 9.01. The fourth-order valence-corrected chi connectivity index (χ4v) is 5.78. The maximum Gasteiger partial charge on any atom is 0.425 e. The van der Waals surface area contributed by atoms with E-state index in [9.17, 15) is 13.2 Å². The van der Waals surface area contributed by atoms with Crippen LogP contribution >= 0.6 is 22.7 Å². The van der Waals surface area contributed by atoms with Crippen molar-refractivity contribution in [2.75, 3.05) is 0 Å². The third-order valence-corrected chi connectivity index (χ3v) is 7.34. The first-order valence-corrected chi connectivity index (χ1v) is 10.4. The van der Waals surface area contributed by atoms with Gasteiger partial charge in [0.15, 0.2) is 0 Å². The maximum absolute atomic E-state index is 13.1. The highest BCUT2D eigenvalue weighted by Crippen LogP contribution is 2.41. The zero-order valence-electron chi connectivity index (χ0n) is 14.3. The Morgan fingerprint density at radius 1 is 0.571 bits per heavy atom. The Bertz CT molecular complexity index is 1550. The summed E-state index contributed by atoms with van der Waals surface area (Å²) in [6.07, 6.45) is -4.31. The first-order valence-electron chi connectivity index (χ1n) is 8.75. The molecule has 0 atom stereocenters. The van der Waals surface area contributed by atoms with Gasteiger partial charge in [-0.05, 0) is 84.9 Å². The Kier molecular flexibility index (Phi) is 3.19. The summed E-state index contributed by atoms with van der Waals surface area (Å²) in [6, 6.07) is 19.9. The molecule has 0 N–H and O–H groups in total. The number of fused-ring (bicyclic) bond motifs is 7. The van der Waals surface area contributed by atoms with Gasteiger partial charge in [-0.15, -0.1) is 22.7 Å². The third-order valence-electron chi connectivity index (χ3n) is 5.32. The summed E-state index contributed by atoms with van der Waals surface area (Å²) in [4.78, 5) is -0.549. The number of alkyl halides is 3. The van der Waals surface area contributed by atoms with E-state index in [1.54, 1.807) is 11.3 Å². The SMILES string of the molecule is FC(F)(F)c1cc2cc3c(ccc4c5cc6ccsc6cc5ccc34)cc2s1. The highest BCUT2D eigenvalue weighted by Gasteiger charge is 2.32. The summed E-state index contributed by atoms with van der Waals surface area (Å²) >= 11 is 2.53. The predicted octanol–water partition coefficient (Wildman–Crippen LogP) is 8.59. The summed E-state index contributed by atoms with van der Waals surface area (Å²) in [5.41, 5.74) is 0. The molecule has 6 aromatic rings. The summed E-state index contributed by atoms with van der Waals surface area (Å²) in [5.74, 6) is 0. The van der Waals surface area contributed by atoms with E-state index in [1.165, 1.54) is 26.9 Å². The Balaban J connectivity index is 1.71. The van der Waals surface area contributed by atoms with Gasteiger partial charge in [-0.1, -0.05) is 24.3 Å². The van der Waals surface area contributed by atoms with Gasteiger partial charge in [0.05, 0.1) is 0 Å². The van der Waals surface area contributed by atoms with E-state index in [1.807, 2.05) is 18.2 Å². The molecule has 6 rings (SSSR count). The summed E-state index contributed by atoms with van der Waals surface area (Å²) in [5, 5.41) is 10.5. The standard InChI is InChI=1S/C23H11F3S2/c24-23(25,26)22-11-15-8-19-13(10-21(15)28-22)2-4-16-17(19)3-1-12-9-20-14(5-6-27-20)7-18(12)16/h1-11H. The molecule has 2 aromatic heterocycles. The third kappa shape index (κ3) is 2.30. The molecule has 0 aliphatic heterocycles. The van der Waals surface area contributed by atoms with Crippen LogP contribution in [0, 0.1) is 0 Å². The van der Waals surface area contributed by atoms with E-state index in [2.05, 4.69) is 41.8 Å². The molecule has 136 valence electrons. The van der Waals surface area contributed by atoms with Gasteiger partial charge >= 0.3 is 6.18 Å². The van der Waals surface area contributed by atoms with E-state index in [0.717, 1.165) is 32.9 Å². The molecule has 4 aromatic carbocycles. The van der Waals surface area contributed by atoms with E-state index >= 15 is 0 Å². The smallest absolute Gasteiger partial charge is 0.165 e. The molecular formula is C23H11F3S2. The second kappa shape index (κ2) is 5.46. The second-order valence-electron chi connectivity index (χ2n) is 6.98. The van der Waals surface area contributed by atoms with Crippen LogP contribution in [0.2, 0.25) is 0 Å². The molecule has 28 heavy (non-hydrogen) atoms. The van der Waals surface area contributed by atoms with Crippen molar-refractivity contribution in [1.29, 1.82) is 0 Å². The highest BCUT2D eigenvalue weighted by molar-refractivity contribution is 7.19. The number of thiophene rings is 2. The lowest BCUT2D eigenvalue weighted by Gasteiger charge is -2.08. The zero-order chi connectivity index (χ0) is 19.0. The monoisotopic (exact) mass is 408 g/mol. The number of benzene rings is 4. The van der Waals surface area contributed by atoms with E-state index in [-0.39, 0.29) is 0 Å². The van der Waals surface area contributed by atoms with Crippen LogP contribution in [0.1, 0.15) is 4.88 Å². The van der Waals surface area contributed by atoms with Crippen molar-refractivity contribution in [1.82, 2.24) is 0 Å². The Hall–Kier alpha value is -2.63. The molecule has 0 unspecified atom stereocenters. The van der Waals surface area contributed by atoms with Crippen molar-refractivity contribution in [2.45, 2.75) is 6.18 Å². The minimum Gasteiger partial charge on any atom is -0.165 e. The van der Waals surface area contributed by atoms with Gasteiger partial charge in [0.2, 0.25) is 0 Å². The van der Waals surface area contributed by atoms with Gasteiger partial charge in [0.25, 0.3) is 0 Å². The number of hydrogen-bond donors (Lipinski definition) is 0. The molecule has 0 nitrogen and oxygen atoms in total. The largest absolute Gasteiger partial charge is 0.425 e. The van der Waals surface area contributed by atoms with Crippen LogP contribution in [0.3, 0.4) is 0 Å². The van der Waals surface area contributed by atoms with E-state index < -0.39 is 11.1 Å². The van der Waals surface area contributed by atoms with Crippen LogP contribution in [-0.2, 0) is 6.18 Å². The lowest BCUT2D eigenvalue weighted by molar-refractivity contribution is -0.134. The van der Waals surface area contributed by atoms with Crippen LogP contribution in [0.4, 0.5) is 13.2 Å². The van der Waals surface area contributed by atoms with Crippen molar-refractivity contribution >= 4 is 75.2 Å². The van der Waals surface area contributed by atoms with Crippen LogP contribution < -0.4 is 0 Å². The molecule has 0 saturated carbocycles. The maximum atomic E-state index is 13.1. The Labute approximate surface area is 165 Å². The minimum atomic E-state index is -4.31. The van der Waals surface area contributed by atoms with Gasteiger partial charge < -0.3 is 0 Å². The van der Waals surface area contributed by atoms with Crippen LogP contribution in [0.5, 0.6) is 0 Å². The predicted molar refractivity (Wildman–Crippen MR) is 115 cm³/mol. The van der Waals surface area contributed by atoms with Crippen molar-refractivity contribution < 1.29 is 13.2 Å². The Morgan fingerprint density at radius 3 is 1.89 bits per heavy atom. The fourth-order valence-electron chi connectivity index (χ4n) is 4.01.